The third kappa shape index (κ3) is 3.20. The van der Waals surface area contributed by atoms with E-state index in [2.05, 4.69) is 31.1 Å². The van der Waals surface area contributed by atoms with E-state index in [4.69, 9.17) is 10.5 Å². The fourth-order valence-corrected chi connectivity index (χ4v) is 2.27. The van der Waals surface area contributed by atoms with Crippen molar-refractivity contribution in [3.05, 3.63) is 46.8 Å². The number of nitrogens with two attached hydrogens (primary N) is 1. The predicted octanol–water partition coefficient (Wildman–Crippen LogP) is 3.12. The standard InChI is InChI=1S/C16H23N3O/c1-11(2)19-6-5-15(18-19)10-20-16-12(3)7-14(9-17)8-13(16)4/h5-8,11H,9-10,17H2,1-4H3. The van der Waals surface area contributed by atoms with Crippen molar-refractivity contribution in [2.45, 2.75) is 46.9 Å². The molecule has 20 heavy (non-hydrogen) atoms. The van der Waals surface area contributed by atoms with Crippen molar-refractivity contribution < 1.29 is 4.74 Å². The molecule has 108 valence electrons. The molecular formula is C16H23N3O. The van der Waals surface area contributed by atoms with E-state index in [1.807, 2.05) is 30.8 Å². The van der Waals surface area contributed by atoms with Gasteiger partial charge in [0.1, 0.15) is 12.4 Å². The zero-order valence-electron chi connectivity index (χ0n) is 12.7. The molecule has 0 amide bonds. The molecule has 2 N–H and O–H groups in total. The summed E-state index contributed by atoms with van der Waals surface area (Å²) in [6.07, 6.45) is 1.99. The number of aryl methyl sites for hydroxylation is 2. The quantitative estimate of drug-likeness (QED) is 0.910. The molecule has 0 saturated heterocycles. The van der Waals surface area contributed by atoms with E-state index in [1.54, 1.807) is 0 Å². The van der Waals surface area contributed by atoms with Crippen molar-refractivity contribution in [1.82, 2.24) is 9.78 Å². The van der Waals surface area contributed by atoms with Crippen molar-refractivity contribution in [3.63, 3.8) is 0 Å². The highest BCUT2D eigenvalue weighted by Crippen LogP contribution is 2.25. The molecule has 0 spiro atoms. The minimum Gasteiger partial charge on any atom is -0.487 e. The minimum absolute atomic E-state index is 0.371. The van der Waals surface area contributed by atoms with Crippen LogP contribution in [-0.4, -0.2) is 9.78 Å². The summed E-state index contributed by atoms with van der Waals surface area (Å²) in [7, 11) is 0. The molecule has 0 radical (unpaired) electrons. The lowest BCUT2D eigenvalue weighted by molar-refractivity contribution is 0.294. The molecule has 0 aliphatic rings. The Morgan fingerprint density at radius 1 is 1.25 bits per heavy atom. The number of ether oxygens (including phenoxy) is 1. The van der Waals surface area contributed by atoms with Gasteiger partial charge in [0.15, 0.2) is 0 Å². The molecule has 2 rings (SSSR count). The van der Waals surface area contributed by atoms with Crippen molar-refractivity contribution in [2.75, 3.05) is 0 Å². The molecule has 0 fully saturated rings. The summed E-state index contributed by atoms with van der Waals surface area (Å²) >= 11 is 0. The monoisotopic (exact) mass is 273 g/mol. The van der Waals surface area contributed by atoms with E-state index < -0.39 is 0 Å². The SMILES string of the molecule is Cc1cc(CN)cc(C)c1OCc1ccn(C(C)C)n1. The van der Waals surface area contributed by atoms with Crippen LogP contribution in [0.5, 0.6) is 5.75 Å². The van der Waals surface area contributed by atoms with E-state index in [0.29, 0.717) is 19.2 Å². The van der Waals surface area contributed by atoms with Crippen LogP contribution in [-0.2, 0) is 13.2 Å². The Morgan fingerprint density at radius 2 is 1.90 bits per heavy atom. The summed E-state index contributed by atoms with van der Waals surface area (Å²) in [5.74, 6) is 0.932. The highest BCUT2D eigenvalue weighted by Gasteiger charge is 2.08. The first-order valence-electron chi connectivity index (χ1n) is 6.98. The molecule has 1 heterocycles. The Hall–Kier alpha value is -1.81. The molecule has 0 saturated carbocycles. The predicted molar refractivity (Wildman–Crippen MR) is 80.8 cm³/mol. The largest absolute Gasteiger partial charge is 0.487 e. The van der Waals surface area contributed by atoms with Gasteiger partial charge in [-0.15, -0.1) is 0 Å². The third-order valence-corrected chi connectivity index (χ3v) is 3.31. The van der Waals surface area contributed by atoms with Gasteiger partial charge in [-0.05, 0) is 50.5 Å². The molecule has 0 aliphatic heterocycles. The summed E-state index contributed by atoms with van der Waals surface area (Å²) in [4.78, 5) is 0. The lowest BCUT2D eigenvalue weighted by Gasteiger charge is -2.13. The van der Waals surface area contributed by atoms with Crippen LogP contribution >= 0.6 is 0 Å². The highest BCUT2D eigenvalue weighted by molar-refractivity contribution is 5.43. The van der Waals surface area contributed by atoms with E-state index in [9.17, 15) is 0 Å². The average molecular weight is 273 g/mol. The van der Waals surface area contributed by atoms with Crippen molar-refractivity contribution in [3.8, 4) is 5.75 Å². The Balaban J connectivity index is 2.10. The van der Waals surface area contributed by atoms with Gasteiger partial charge in [-0.25, -0.2) is 0 Å². The van der Waals surface area contributed by atoms with Gasteiger partial charge in [-0.2, -0.15) is 5.10 Å². The number of rotatable bonds is 5. The molecular weight excluding hydrogens is 250 g/mol. The molecule has 0 unspecified atom stereocenters. The lowest BCUT2D eigenvalue weighted by atomic mass is 10.1. The third-order valence-electron chi connectivity index (χ3n) is 3.31. The molecule has 0 atom stereocenters. The van der Waals surface area contributed by atoms with Crippen LogP contribution in [0.2, 0.25) is 0 Å². The van der Waals surface area contributed by atoms with Crippen LogP contribution in [0.25, 0.3) is 0 Å². The first-order chi connectivity index (χ1) is 9.51. The van der Waals surface area contributed by atoms with Gasteiger partial charge >= 0.3 is 0 Å². The molecule has 1 aromatic carbocycles. The van der Waals surface area contributed by atoms with Crippen LogP contribution < -0.4 is 10.5 Å². The minimum atomic E-state index is 0.371. The van der Waals surface area contributed by atoms with Gasteiger partial charge in [0.25, 0.3) is 0 Å². The van der Waals surface area contributed by atoms with Gasteiger partial charge in [0, 0.05) is 18.8 Å². The lowest BCUT2D eigenvalue weighted by Crippen LogP contribution is -2.05. The maximum Gasteiger partial charge on any atom is 0.132 e. The second-order valence-electron chi connectivity index (χ2n) is 5.43. The van der Waals surface area contributed by atoms with Crippen molar-refractivity contribution in [1.29, 1.82) is 0 Å². The maximum atomic E-state index is 5.93. The zero-order valence-corrected chi connectivity index (χ0v) is 12.7. The summed E-state index contributed by atoms with van der Waals surface area (Å²) < 4.78 is 7.87. The van der Waals surface area contributed by atoms with E-state index >= 15 is 0 Å². The Labute approximate surface area is 120 Å². The van der Waals surface area contributed by atoms with Gasteiger partial charge in [0.05, 0.1) is 5.69 Å². The molecule has 4 heteroatoms. The average Bonchev–Trinajstić information content (AvgIpc) is 2.86. The summed E-state index contributed by atoms with van der Waals surface area (Å²) in [5.41, 5.74) is 10.00. The first-order valence-corrected chi connectivity index (χ1v) is 6.98. The topological polar surface area (TPSA) is 53.1 Å². The molecule has 4 nitrogen and oxygen atoms in total. The van der Waals surface area contributed by atoms with Crippen LogP contribution in [0.15, 0.2) is 24.4 Å². The number of hydrogen-bond acceptors (Lipinski definition) is 3. The van der Waals surface area contributed by atoms with Gasteiger partial charge in [-0.3, -0.25) is 4.68 Å². The number of aromatic nitrogens is 2. The van der Waals surface area contributed by atoms with Crippen molar-refractivity contribution >= 4 is 0 Å². The molecule has 1 aromatic heterocycles. The summed E-state index contributed by atoms with van der Waals surface area (Å²) in [5, 5.41) is 4.49. The fraction of sp³-hybridized carbons (Fsp3) is 0.438. The normalized spacial score (nSPS) is 11.1. The van der Waals surface area contributed by atoms with Crippen molar-refractivity contribution in [2.24, 2.45) is 5.73 Å². The zero-order chi connectivity index (χ0) is 14.7. The maximum absolute atomic E-state index is 5.93. The van der Waals surface area contributed by atoms with Crippen LogP contribution in [0.1, 0.15) is 42.3 Å². The smallest absolute Gasteiger partial charge is 0.132 e. The van der Waals surface area contributed by atoms with Crippen LogP contribution in [0.4, 0.5) is 0 Å². The van der Waals surface area contributed by atoms with Gasteiger partial charge in [-0.1, -0.05) is 12.1 Å². The van der Waals surface area contributed by atoms with E-state index in [0.717, 1.165) is 28.1 Å². The molecule has 0 bridgehead atoms. The number of benzene rings is 1. The van der Waals surface area contributed by atoms with Gasteiger partial charge in [0.2, 0.25) is 0 Å². The van der Waals surface area contributed by atoms with Crippen LogP contribution in [0.3, 0.4) is 0 Å². The number of nitrogens with zero attached hydrogens (tertiary/aromatic N) is 2. The second-order valence-corrected chi connectivity index (χ2v) is 5.43. The van der Waals surface area contributed by atoms with Crippen LogP contribution in [0, 0.1) is 13.8 Å². The molecule has 2 aromatic rings. The second kappa shape index (κ2) is 6.09. The first kappa shape index (κ1) is 14.6. The number of hydrogen-bond donors (Lipinski definition) is 1. The molecule has 0 aliphatic carbocycles. The Morgan fingerprint density at radius 3 is 2.40 bits per heavy atom. The van der Waals surface area contributed by atoms with E-state index in [-0.39, 0.29) is 0 Å². The van der Waals surface area contributed by atoms with E-state index in [1.165, 1.54) is 0 Å². The summed E-state index contributed by atoms with van der Waals surface area (Å²) in [6, 6.07) is 6.53. The highest BCUT2D eigenvalue weighted by atomic mass is 16.5. The fourth-order valence-electron chi connectivity index (χ4n) is 2.27. The Bertz CT molecular complexity index is 564. The Kier molecular flexibility index (Phi) is 4.45. The summed E-state index contributed by atoms with van der Waals surface area (Å²) in [6.45, 7) is 9.36. The van der Waals surface area contributed by atoms with Gasteiger partial charge < -0.3 is 10.5 Å².